The van der Waals surface area contributed by atoms with Crippen molar-refractivity contribution < 1.29 is 9.32 Å². The summed E-state index contributed by atoms with van der Waals surface area (Å²) in [4.78, 5) is 18.0. The molecule has 3 rings (SSSR count). The zero-order valence-electron chi connectivity index (χ0n) is 9.46. The highest BCUT2D eigenvalue weighted by molar-refractivity contribution is 5.92. The number of hydrogen-bond acceptors (Lipinski definition) is 4. The molecule has 0 bridgehead atoms. The number of imidazole rings is 1. The molecule has 0 N–H and O–H groups in total. The van der Waals surface area contributed by atoms with Crippen molar-refractivity contribution >= 4 is 5.91 Å². The molecule has 0 aromatic carbocycles. The average Bonchev–Trinajstić information content (AvgIpc) is 2.95. The highest BCUT2D eigenvalue weighted by Gasteiger charge is 2.25. The Hall–Kier alpha value is -2.11. The Morgan fingerprint density at radius 3 is 3.18 bits per heavy atom. The van der Waals surface area contributed by atoms with Crippen LogP contribution in [0.2, 0.25) is 0 Å². The maximum absolute atomic E-state index is 12.2. The minimum absolute atomic E-state index is 0.00292. The van der Waals surface area contributed by atoms with E-state index in [1.165, 1.54) is 0 Å². The van der Waals surface area contributed by atoms with Gasteiger partial charge in [0.15, 0.2) is 0 Å². The molecule has 0 spiro atoms. The summed E-state index contributed by atoms with van der Waals surface area (Å²) in [6, 6.07) is 0. The summed E-state index contributed by atoms with van der Waals surface area (Å²) in [6.07, 6.45) is 5.57. The van der Waals surface area contributed by atoms with Crippen LogP contribution in [0, 0.1) is 0 Å². The van der Waals surface area contributed by atoms with Crippen molar-refractivity contribution in [3.63, 3.8) is 0 Å². The summed E-state index contributed by atoms with van der Waals surface area (Å²) in [6.45, 7) is 1.23. The van der Waals surface area contributed by atoms with Gasteiger partial charge in [0.25, 0.3) is 5.91 Å². The van der Waals surface area contributed by atoms with Crippen LogP contribution in [0.5, 0.6) is 0 Å². The Labute approximate surface area is 97.8 Å². The summed E-state index contributed by atoms with van der Waals surface area (Å²) in [5.74, 6) is -0.00292. The van der Waals surface area contributed by atoms with Crippen molar-refractivity contribution in [3.05, 3.63) is 35.7 Å². The molecule has 6 heteroatoms. The van der Waals surface area contributed by atoms with E-state index in [0.717, 1.165) is 17.7 Å². The largest absolute Gasteiger partial charge is 0.364 e. The molecule has 1 amide bonds. The molecule has 0 atom stereocenters. The molecule has 2 aromatic heterocycles. The van der Waals surface area contributed by atoms with Crippen LogP contribution in [0.15, 0.2) is 23.3 Å². The van der Waals surface area contributed by atoms with Gasteiger partial charge in [-0.3, -0.25) is 4.79 Å². The lowest BCUT2D eigenvalue weighted by molar-refractivity contribution is 0.0724. The van der Waals surface area contributed by atoms with Crippen molar-refractivity contribution in [1.82, 2.24) is 19.6 Å². The molecule has 3 heterocycles. The minimum Gasteiger partial charge on any atom is -0.364 e. The summed E-state index contributed by atoms with van der Waals surface area (Å²) in [5.41, 5.74) is 2.55. The third-order valence-corrected chi connectivity index (χ3v) is 3.03. The summed E-state index contributed by atoms with van der Waals surface area (Å²) in [7, 11) is 1.81. The lowest BCUT2D eigenvalue weighted by Crippen LogP contribution is -2.36. The van der Waals surface area contributed by atoms with Gasteiger partial charge in [-0.1, -0.05) is 5.16 Å². The topological polar surface area (TPSA) is 64.2 Å². The smallest absolute Gasteiger partial charge is 0.272 e. The maximum Gasteiger partial charge on any atom is 0.272 e. The van der Waals surface area contributed by atoms with Gasteiger partial charge in [-0.05, 0) is 0 Å². The number of hydrogen-bond donors (Lipinski definition) is 0. The van der Waals surface area contributed by atoms with Crippen molar-refractivity contribution in [1.29, 1.82) is 0 Å². The Balaban J connectivity index is 1.84. The Kier molecular flexibility index (Phi) is 2.21. The van der Waals surface area contributed by atoms with E-state index >= 15 is 0 Å². The van der Waals surface area contributed by atoms with Crippen LogP contribution < -0.4 is 0 Å². The van der Waals surface area contributed by atoms with E-state index < -0.39 is 0 Å². The highest BCUT2D eigenvalue weighted by Crippen LogP contribution is 2.18. The number of aromatic nitrogens is 3. The molecule has 2 aromatic rings. The van der Waals surface area contributed by atoms with Crippen molar-refractivity contribution in [2.45, 2.75) is 13.0 Å². The quantitative estimate of drug-likeness (QED) is 0.722. The van der Waals surface area contributed by atoms with E-state index in [-0.39, 0.29) is 5.91 Å². The molecule has 88 valence electrons. The Bertz CT molecular complexity index is 557. The van der Waals surface area contributed by atoms with Crippen LogP contribution in [-0.2, 0) is 20.0 Å². The SMILES string of the molecule is Cn1cncc1C(=O)N1CCc2nocc2C1. The predicted molar refractivity (Wildman–Crippen MR) is 58.2 cm³/mol. The molecule has 0 unspecified atom stereocenters. The van der Waals surface area contributed by atoms with Gasteiger partial charge in [0.1, 0.15) is 12.0 Å². The molecule has 1 aliphatic rings. The summed E-state index contributed by atoms with van der Waals surface area (Å²) >= 11 is 0. The molecule has 0 aliphatic carbocycles. The number of amides is 1. The van der Waals surface area contributed by atoms with E-state index in [1.54, 1.807) is 28.3 Å². The number of carbonyl (C=O) groups excluding carboxylic acids is 1. The van der Waals surface area contributed by atoms with E-state index in [1.807, 2.05) is 7.05 Å². The first-order valence-electron chi connectivity index (χ1n) is 5.43. The Morgan fingerprint density at radius 1 is 1.53 bits per heavy atom. The maximum atomic E-state index is 12.2. The lowest BCUT2D eigenvalue weighted by atomic mass is 10.1. The third-order valence-electron chi connectivity index (χ3n) is 3.03. The first kappa shape index (κ1) is 10.1. The van der Waals surface area contributed by atoms with Crippen molar-refractivity contribution in [3.8, 4) is 0 Å². The number of carbonyl (C=O) groups is 1. The van der Waals surface area contributed by atoms with Crippen molar-refractivity contribution in [2.24, 2.45) is 7.05 Å². The van der Waals surface area contributed by atoms with E-state index in [2.05, 4.69) is 10.1 Å². The van der Waals surface area contributed by atoms with Crippen LogP contribution in [0.1, 0.15) is 21.7 Å². The molecular formula is C11H12N4O2. The van der Waals surface area contributed by atoms with Gasteiger partial charge in [-0.15, -0.1) is 0 Å². The zero-order valence-corrected chi connectivity index (χ0v) is 9.46. The fraction of sp³-hybridized carbons (Fsp3) is 0.364. The highest BCUT2D eigenvalue weighted by atomic mass is 16.5. The van der Waals surface area contributed by atoms with Crippen LogP contribution in [-0.4, -0.2) is 32.1 Å². The predicted octanol–water partition coefficient (Wildman–Crippen LogP) is 0.607. The van der Waals surface area contributed by atoms with Gasteiger partial charge in [-0.2, -0.15) is 0 Å². The number of nitrogens with zero attached hydrogens (tertiary/aromatic N) is 4. The minimum atomic E-state index is -0.00292. The van der Waals surface area contributed by atoms with Gasteiger partial charge >= 0.3 is 0 Å². The third kappa shape index (κ3) is 1.61. The van der Waals surface area contributed by atoms with E-state index in [4.69, 9.17) is 4.52 Å². The summed E-state index contributed by atoms with van der Waals surface area (Å²) < 4.78 is 6.63. The monoisotopic (exact) mass is 232 g/mol. The molecule has 6 nitrogen and oxygen atoms in total. The van der Waals surface area contributed by atoms with Gasteiger partial charge in [0.05, 0.1) is 24.8 Å². The second-order valence-electron chi connectivity index (χ2n) is 4.15. The van der Waals surface area contributed by atoms with Gasteiger partial charge in [0, 0.05) is 25.6 Å². The fourth-order valence-corrected chi connectivity index (χ4v) is 2.04. The standard InChI is InChI=1S/C11H12N4O2/c1-14-7-12-4-10(14)11(16)15-3-2-9-8(5-15)6-17-13-9/h4,6-7H,2-3,5H2,1H3. The number of rotatable bonds is 1. The van der Waals surface area contributed by atoms with Gasteiger partial charge in [-0.25, -0.2) is 4.98 Å². The molecule has 0 radical (unpaired) electrons. The van der Waals surface area contributed by atoms with Crippen LogP contribution in [0.4, 0.5) is 0 Å². The average molecular weight is 232 g/mol. The van der Waals surface area contributed by atoms with Gasteiger partial charge < -0.3 is 14.0 Å². The van der Waals surface area contributed by atoms with E-state index in [0.29, 0.717) is 18.8 Å². The summed E-state index contributed by atoms with van der Waals surface area (Å²) in [5, 5.41) is 3.90. The van der Waals surface area contributed by atoms with Crippen LogP contribution >= 0.6 is 0 Å². The van der Waals surface area contributed by atoms with Crippen LogP contribution in [0.3, 0.4) is 0 Å². The van der Waals surface area contributed by atoms with Gasteiger partial charge in [0.2, 0.25) is 0 Å². The normalized spacial score (nSPS) is 14.8. The number of aryl methyl sites for hydroxylation is 1. The molecule has 0 saturated carbocycles. The zero-order chi connectivity index (χ0) is 11.8. The van der Waals surface area contributed by atoms with Crippen molar-refractivity contribution in [2.75, 3.05) is 6.54 Å². The second kappa shape index (κ2) is 3.73. The fourth-order valence-electron chi connectivity index (χ4n) is 2.04. The van der Waals surface area contributed by atoms with E-state index in [9.17, 15) is 4.79 Å². The first-order chi connectivity index (χ1) is 8.25. The number of fused-ring (bicyclic) bond motifs is 1. The lowest BCUT2D eigenvalue weighted by Gasteiger charge is -2.25. The second-order valence-corrected chi connectivity index (χ2v) is 4.15. The molecule has 0 fully saturated rings. The molecule has 0 saturated heterocycles. The van der Waals surface area contributed by atoms with Crippen LogP contribution in [0.25, 0.3) is 0 Å². The first-order valence-corrected chi connectivity index (χ1v) is 5.43. The molecule has 17 heavy (non-hydrogen) atoms. The molecule has 1 aliphatic heterocycles. The Morgan fingerprint density at radius 2 is 2.41 bits per heavy atom. The molecular weight excluding hydrogens is 220 g/mol.